The first-order valence-electron chi connectivity index (χ1n) is 5.97. The zero-order valence-corrected chi connectivity index (χ0v) is 11.6. The average Bonchev–Trinajstić information content (AvgIpc) is 2.84. The zero-order chi connectivity index (χ0) is 15.2. The Balaban J connectivity index is 1.93. The number of rotatable bonds is 5. The quantitative estimate of drug-likeness (QED) is 0.735. The van der Waals surface area contributed by atoms with Crippen LogP contribution in [0.2, 0.25) is 0 Å². The van der Waals surface area contributed by atoms with E-state index in [0.717, 1.165) is 5.56 Å². The number of aromatic hydroxyl groups is 1. The molecule has 0 saturated carbocycles. The van der Waals surface area contributed by atoms with Crippen LogP contribution in [0, 0.1) is 0 Å². The molecule has 21 heavy (non-hydrogen) atoms. The Morgan fingerprint density at radius 2 is 2.00 bits per heavy atom. The number of aliphatic carboxylic acids is 1. The topological polar surface area (TPSA) is 99.5 Å². The Morgan fingerprint density at radius 1 is 1.29 bits per heavy atom. The number of phenols is 1. The van der Waals surface area contributed by atoms with Crippen molar-refractivity contribution in [3.05, 3.63) is 47.0 Å². The number of anilines is 1. The number of aromatic nitrogens is 1. The molecule has 2 rings (SSSR count). The van der Waals surface area contributed by atoms with Crippen LogP contribution < -0.4 is 5.32 Å². The van der Waals surface area contributed by atoms with Crippen LogP contribution in [0.5, 0.6) is 5.75 Å². The van der Waals surface area contributed by atoms with Gasteiger partial charge in [0.05, 0.1) is 12.1 Å². The van der Waals surface area contributed by atoms with Crippen molar-refractivity contribution in [3.8, 4) is 5.75 Å². The Kier molecular flexibility index (Phi) is 4.68. The summed E-state index contributed by atoms with van der Waals surface area (Å²) in [5.74, 6) is -1.17. The predicted molar refractivity (Wildman–Crippen MR) is 79.2 cm³/mol. The Hall–Kier alpha value is -2.67. The molecule has 0 radical (unpaired) electrons. The van der Waals surface area contributed by atoms with Crippen molar-refractivity contribution in [1.82, 2.24) is 4.98 Å². The molecule has 0 spiro atoms. The van der Waals surface area contributed by atoms with Crippen LogP contribution in [0.3, 0.4) is 0 Å². The number of carbonyl (C=O) groups excluding carboxylic acids is 1. The molecule has 1 amide bonds. The predicted octanol–water partition coefficient (Wildman–Crippen LogP) is 2.13. The second kappa shape index (κ2) is 6.67. The Labute approximate surface area is 124 Å². The molecule has 0 aliphatic heterocycles. The van der Waals surface area contributed by atoms with Gasteiger partial charge in [-0.15, -0.1) is 11.3 Å². The molecular weight excluding hydrogens is 292 g/mol. The van der Waals surface area contributed by atoms with Gasteiger partial charge in [-0.1, -0.05) is 12.1 Å². The average molecular weight is 304 g/mol. The highest BCUT2D eigenvalue weighted by molar-refractivity contribution is 7.14. The lowest BCUT2D eigenvalue weighted by Gasteiger charge is -1.96. The van der Waals surface area contributed by atoms with Crippen molar-refractivity contribution in [2.24, 2.45) is 0 Å². The minimum Gasteiger partial charge on any atom is -0.508 e. The fourth-order valence-corrected chi connectivity index (χ4v) is 2.22. The summed E-state index contributed by atoms with van der Waals surface area (Å²) in [5.41, 5.74) is 1.18. The highest BCUT2D eigenvalue weighted by Gasteiger charge is 2.07. The molecule has 0 aliphatic carbocycles. The van der Waals surface area contributed by atoms with Gasteiger partial charge in [-0.2, -0.15) is 0 Å². The Bertz CT molecular complexity index is 677. The second-order valence-corrected chi connectivity index (χ2v) is 4.99. The third-order valence-electron chi connectivity index (χ3n) is 2.43. The Morgan fingerprint density at radius 3 is 2.67 bits per heavy atom. The van der Waals surface area contributed by atoms with Crippen LogP contribution in [-0.4, -0.2) is 27.1 Å². The van der Waals surface area contributed by atoms with Gasteiger partial charge in [-0.25, -0.2) is 4.98 Å². The number of phenolic OH excluding ortho intramolecular Hbond substituents is 1. The zero-order valence-electron chi connectivity index (χ0n) is 10.8. The van der Waals surface area contributed by atoms with Crippen molar-refractivity contribution in [2.75, 3.05) is 5.32 Å². The maximum absolute atomic E-state index is 11.7. The maximum atomic E-state index is 11.7. The third-order valence-corrected chi connectivity index (χ3v) is 3.24. The van der Waals surface area contributed by atoms with E-state index in [2.05, 4.69) is 10.3 Å². The first kappa shape index (κ1) is 14.7. The highest BCUT2D eigenvalue weighted by Crippen LogP contribution is 2.16. The van der Waals surface area contributed by atoms with Crippen LogP contribution in [0.1, 0.15) is 11.3 Å². The van der Waals surface area contributed by atoms with E-state index in [1.807, 2.05) is 0 Å². The first-order chi connectivity index (χ1) is 10.0. The van der Waals surface area contributed by atoms with Crippen LogP contribution in [-0.2, 0) is 16.0 Å². The monoisotopic (exact) mass is 304 g/mol. The molecule has 7 heteroatoms. The van der Waals surface area contributed by atoms with E-state index in [4.69, 9.17) is 10.2 Å². The maximum Gasteiger partial charge on any atom is 0.309 e. The van der Waals surface area contributed by atoms with Gasteiger partial charge < -0.3 is 10.2 Å². The fourth-order valence-electron chi connectivity index (χ4n) is 1.50. The molecule has 6 nitrogen and oxygen atoms in total. The molecule has 1 aromatic heterocycles. The number of thiazole rings is 1. The number of benzene rings is 1. The van der Waals surface area contributed by atoms with E-state index in [1.54, 1.807) is 23.6 Å². The summed E-state index contributed by atoms with van der Waals surface area (Å²) in [4.78, 5) is 26.2. The van der Waals surface area contributed by atoms with E-state index in [0.29, 0.717) is 10.8 Å². The van der Waals surface area contributed by atoms with E-state index >= 15 is 0 Å². The summed E-state index contributed by atoms with van der Waals surface area (Å²) in [5, 5.41) is 22.3. The number of hydrogen-bond acceptors (Lipinski definition) is 5. The van der Waals surface area contributed by atoms with Gasteiger partial charge >= 0.3 is 5.97 Å². The van der Waals surface area contributed by atoms with Crippen molar-refractivity contribution in [1.29, 1.82) is 0 Å². The van der Waals surface area contributed by atoms with Crippen molar-refractivity contribution >= 4 is 34.4 Å². The van der Waals surface area contributed by atoms with E-state index in [1.165, 1.54) is 29.5 Å². The summed E-state index contributed by atoms with van der Waals surface area (Å²) < 4.78 is 0. The molecule has 1 heterocycles. The molecule has 0 saturated heterocycles. The summed E-state index contributed by atoms with van der Waals surface area (Å²) in [7, 11) is 0. The van der Waals surface area contributed by atoms with E-state index in [9.17, 15) is 9.59 Å². The van der Waals surface area contributed by atoms with Crippen molar-refractivity contribution < 1.29 is 19.8 Å². The summed E-state index contributed by atoms with van der Waals surface area (Å²) in [6.45, 7) is 0. The van der Waals surface area contributed by atoms with Gasteiger partial charge in [0.15, 0.2) is 5.13 Å². The largest absolute Gasteiger partial charge is 0.508 e. The van der Waals surface area contributed by atoms with Crippen LogP contribution in [0.15, 0.2) is 35.7 Å². The standard InChI is InChI=1S/C14H12N2O4S/c17-11-4-1-9(2-5-11)3-6-12(18)16-14-15-10(8-21-14)7-13(19)20/h1-6,8,17H,7H2,(H,19,20)(H,15,16,18)/b6-3+. The van der Waals surface area contributed by atoms with Gasteiger partial charge in [0, 0.05) is 11.5 Å². The molecule has 0 aliphatic rings. The van der Waals surface area contributed by atoms with E-state index < -0.39 is 5.97 Å². The number of amides is 1. The number of carboxylic acid groups (broad SMARTS) is 1. The van der Waals surface area contributed by atoms with Gasteiger partial charge in [0.2, 0.25) is 5.91 Å². The number of nitrogens with zero attached hydrogens (tertiary/aromatic N) is 1. The number of carbonyl (C=O) groups is 2. The lowest BCUT2D eigenvalue weighted by Crippen LogP contribution is -2.08. The molecule has 108 valence electrons. The molecule has 0 bridgehead atoms. The highest BCUT2D eigenvalue weighted by atomic mass is 32.1. The van der Waals surface area contributed by atoms with Crippen LogP contribution in [0.25, 0.3) is 6.08 Å². The van der Waals surface area contributed by atoms with Gasteiger partial charge in [0.1, 0.15) is 5.75 Å². The fraction of sp³-hybridized carbons (Fsp3) is 0.0714. The minimum atomic E-state index is -0.967. The van der Waals surface area contributed by atoms with Gasteiger partial charge in [0.25, 0.3) is 0 Å². The molecule has 1 aromatic carbocycles. The minimum absolute atomic E-state index is 0.158. The molecule has 0 unspecified atom stereocenters. The summed E-state index contributed by atoms with van der Waals surface area (Å²) in [6.07, 6.45) is 2.76. The smallest absolute Gasteiger partial charge is 0.309 e. The number of nitrogens with one attached hydrogen (secondary N) is 1. The first-order valence-corrected chi connectivity index (χ1v) is 6.85. The second-order valence-electron chi connectivity index (χ2n) is 4.13. The summed E-state index contributed by atoms with van der Waals surface area (Å²) in [6, 6.07) is 6.40. The molecular formula is C14H12N2O4S. The summed E-state index contributed by atoms with van der Waals surface area (Å²) >= 11 is 1.17. The van der Waals surface area contributed by atoms with Crippen molar-refractivity contribution in [3.63, 3.8) is 0 Å². The lowest BCUT2D eigenvalue weighted by atomic mass is 10.2. The third kappa shape index (κ3) is 4.73. The van der Waals surface area contributed by atoms with Crippen molar-refractivity contribution in [2.45, 2.75) is 6.42 Å². The number of carboxylic acids is 1. The van der Waals surface area contributed by atoms with Gasteiger partial charge in [-0.3, -0.25) is 14.9 Å². The molecule has 2 aromatic rings. The normalized spacial score (nSPS) is 10.7. The molecule has 0 atom stereocenters. The molecule has 0 fully saturated rings. The van der Waals surface area contributed by atoms with Crippen LogP contribution >= 0.6 is 11.3 Å². The SMILES string of the molecule is O=C(O)Cc1csc(NC(=O)/C=C/c2ccc(O)cc2)n1. The molecule has 3 N–H and O–H groups in total. The van der Waals surface area contributed by atoms with Gasteiger partial charge in [-0.05, 0) is 23.8 Å². The number of hydrogen-bond donors (Lipinski definition) is 3. The van der Waals surface area contributed by atoms with E-state index in [-0.39, 0.29) is 18.1 Å². The lowest BCUT2D eigenvalue weighted by molar-refractivity contribution is -0.136. The van der Waals surface area contributed by atoms with Crippen LogP contribution in [0.4, 0.5) is 5.13 Å².